The Morgan fingerprint density at radius 1 is 1.35 bits per heavy atom. The highest BCUT2D eigenvalue weighted by Gasteiger charge is 2.25. The molecule has 1 aliphatic rings. The average Bonchev–Trinajstić information content (AvgIpc) is 2.45. The van der Waals surface area contributed by atoms with Gasteiger partial charge in [0.05, 0.1) is 12.2 Å². The van der Waals surface area contributed by atoms with Crippen molar-refractivity contribution in [3.63, 3.8) is 0 Å². The van der Waals surface area contributed by atoms with E-state index in [1.165, 1.54) is 31.2 Å². The van der Waals surface area contributed by atoms with Crippen molar-refractivity contribution in [1.29, 1.82) is 0 Å². The van der Waals surface area contributed by atoms with E-state index in [1.807, 2.05) is 0 Å². The first kappa shape index (κ1) is 16.0. The maximum atomic E-state index is 6.46. The quantitative estimate of drug-likeness (QED) is 0.811. The SMILES string of the molecule is CCNCC(OC1CCCCC1C)c1cccc(Br)c1. The molecule has 3 heteroatoms. The standard InChI is InChI=1S/C17H26BrNO/c1-3-19-12-17(14-8-6-9-15(18)11-14)20-16-10-5-4-7-13(16)2/h6,8-9,11,13,16-17,19H,3-5,7,10,12H2,1-2H3. The van der Waals surface area contributed by atoms with Crippen molar-refractivity contribution in [2.45, 2.75) is 51.7 Å². The summed E-state index contributed by atoms with van der Waals surface area (Å²) in [6.45, 7) is 6.33. The van der Waals surface area contributed by atoms with Crippen molar-refractivity contribution in [3.8, 4) is 0 Å². The molecule has 112 valence electrons. The Morgan fingerprint density at radius 3 is 2.85 bits per heavy atom. The number of ether oxygens (including phenoxy) is 1. The van der Waals surface area contributed by atoms with Crippen LogP contribution in [0.25, 0.3) is 0 Å². The molecule has 0 heterocycles. The number of rotatable bonds is 6. The highest BCUT2D eigenvalue weighted by atomic mass is 79.9. The molecule has 1 aliphatic carbocycles. The Bertz CT molecular complexity index is 410. The topological polar surface area (TPSA) is 21.3 Å². The minimum absolute atomic E-state index is 0.151. The second kappa shape index (κ2) is 8.16. The Kier molecular flexibility index (Phi) is 6.53. The van der Waals surface area contributed by atoms with E-state index in [0.717, 1.165) is 17.6 Å². The van der Waals surface area contributed by atoms with Crippen LogP contribution < -0.4 is 5.32 Å². The summed E-state index contributed by atoms with van der Waals surface area (Å²) in [4.78, 5) is 0. The van der Waals surface area contributed by atoms with Gasteiger partial charge in [-0.2, -0.15) is 0 Å². The Morgan fingerprint density at radius 2 is 2.15 bits per heavy atom. The molecule has 1 fully saturated rings. The first-order chi connectivity index (χ1) is 9.70. The highest BCUT2D eigenvalue weighted by molar-refractivity contribution is 9.10. The lowest BCUT2D eigenvalue weighted by atomic mass is 9.87. The molecule has 3 atom stereocenters. The molecule has 0 radical (unpaired) electrons. The molecule has 2 nitrogen and oxygen atoms in total. The zero-order valence-electron chi connectivity index (χ0n) is 12.6. The molecule has 0 spiro atoms. The summed E-state index contributed by atoms with van der Waals surface area (Å²) in [5, 5.41) is 3.43. The molecule has 0 aromatic heterocycles. The molecule has 1 N–H and O–H groups in total. The minimum atomic E-state index is 0.151. The van der Waals surface area contributed by atoms with Gasteiger partial charge in [0.1, 0.15) is 0 Å². The van der Waals surface area contributed by atoms with Crippen LogP contribution in [-0.2, 0) is 4.74 Å². The van der Waals surface area contributed by atoms with E-state index >= 15 is 0 Å². The zero-order chi connectivity index (χ0) is 14.4. The van der Waals surface area contributed by atoms with E-state index < -0.39 is 0 Å². The lowest BCUT2D eigenvalue weighted by Crippen LogP contribution is -2.31. The summed E-state index contributed by atoms with van der Waals surface area (Å²) < 4.78 is 7.59. The lowest BCUT2D eigenvalue weighted by Gasteiger charge is -2.32. The second-order valence-electron chi connectivity index (χ2n) is 5.79. The van der Waals surface area contributed by atoms with Gasteiger partial charge in [-0.1, -0.05) is 54.8 Å². The summed E-state index contributed by atoms with van der Waals surface area (Å²) in [5.41, 5.74) is 1.26. The van der Waals surface area contributed by atoms with Gasteiger partial charge in [-0.25, -0.2) is 0 Å². The predicted octanol–water partition coefficient (Wildman–Crippen LogP) is 4.70. The molecule has 3 unspecified atom stereocenters. The predicted molar refractivity (Wildman–Crippen MR) is 87.9 cm³/mol. The van der Waals surface area contributed by atoms with Crippen LogP contribution in [0.5, 0.6) is 0 Å². The lowest BCUT2D eigenvalue weighted by molar-refractivity contribution is -0.0562. The van der Waals surface area contributed by atoms with Crippen LogP contribution in [0.3, 0.4) is 0 Å². The maximum Gasteiger partial charge on any atom is 0.0953 e. The van der Waals surface area contributed by atoms with Gasteiger partial charge in [-0.05, 0) is 43.0 Å². The second-order valence-corrected chi connectivity index (χ2v) is 6.70. The van der Waals surface area contributed by atoms with Crippen LogP contribution in [0.4, 0.5) is 0 Å². The number of hydrogen-bond acceptors (Lipinski definition) is 2. The Balaban J connectivity index is 2.06. The van der Waals surface area contributed by atoms with E-state index in [4.69, 9.17) is 4.74 Å². The third-order valence-electron chi connectivity index (χ3n) is 4.17. The van der Waals surface area contributed by atoms with Crippen molar-refractivity contribution in [2.24, 2.45) is 5.92 Å². The van der Waals surface area contributed by atoms with Crippen molar-refractivity contribution in [1.82, 2.24) is 5.32 Å². The van der Waals surface area contributed by atoms with Crippen LogP contribution in [-0.4, -0.2) is 19.2 Å². The van der Waals surface area contributed by atoms with Gasteiger partial charge in [0.25, 0.3) is 0 Å². The molecule has 1 aromatic carbocycles. The van der Waals surface area contributed by atoms with Crippen LogP contribution in [0.15, 0.2) is 28.7 Å². The summed E-state index contributed by atoms with van der Waals surface area (Å²) in [7, 11) is 0. The van der Waals surface area contributed by atoms with E-state index in [2.05, 4.69) is 59.4 Å². The fourth-order valence-electron chi connectivity index (χ4n) is 2.92. The molecular formula is C17H26BrNO. The van der Waals surface area contributed by atoms with Gasteiger partial charge in [0.15, 0.2) is 0 Å². The van der Waals surface area contributed by atoms with E-state index in [1.54, 1.807) is 0 Å². The fourth-order valence-corrected chi connectivity index (χ4v) is 3.34. The van der Waals surface area contributed by atoms with Gasteiger partial charge in [0, 0.05) is 11.0 Å². The average molecular weight is 340 g/mol. The number of likely N-dealkylation sites (N-methyl/N-ethyl adjacent to an activating group) is 1. The first-order valence-corrected chi connectivity index (χ1v) is 8.61. The molecule has 0 amide bonds. The van der Waals surface area contributed by atoms with E-state index in [-0.39, 0.29) is 6.10 Å². The number of benzene rings is 1. The molecule has 1 saturated carbocycles. The number of hydrogen-bond donors (Lipinski definition) is 1. The maximum absolute atomic E-state index is 6.46. The number of halogens is 1. The van der Waals surface area contributed by atoms with E-state index in [9.17, 15) is 0 Å². The summed E-state index contributed by atoms with van der Waals surface area (Å²) in [6, 6.07) is 8.50. The van der Waals surface area contributed by atoms with E-state index in [0.29, 0.717) is 12.0 Å². The molecular weight excluding hydrogens is 314 g/mol. The Labute approximate surface area is 131 Å². The minimum Gasteiger partial charge on any atom is -0.369 e. The van der Waals surface area contributed by atoms with Gasteiger partial charge in [-0.15, -0.1) is 0 Å². The molecule has 0 aliphatic heterocycles. The van der Waals surface area contributed by atoms with Gasteiger partial charge >= 0.3 is 0 Å². The molecule has 0 bridgehead atoms. The normalized spacial score (nSPS) is 24.6. The van der Waals surface area contributed by atoms with Crippen molar-refractivity contribution >= 4 is 15.9 Å². The van der Waals surface area contributed by atoms with Crippen LogP contribution in [0.2, 0.25) is 0 Å². The van der Waals surface area contributed by atoms with Gasteiger partial charge in [0.2, 0.25) is 0 Å². The van der Waals surface area contributed by atoms with Crippen molar-refractivity contribution in [2.75, 3.05) is 13.1 Å². The van der Waals surface area contributed by atoms with Crippen LogP contribution in [0, 0.1) is 5.92 Å². The van der Waals surface area contributed by atoms with Crippen molar-refractivity contribution < 1.29 is 4.74 Å². The summed E-state index contributed by atoms with van der Waals surface area (Å²) in [6.07, 6.45) is 5.73. The van der Waals surface area contributed by atoms with Crippen LogP contribution in [0.1, 0.15) is 51.2 Å². The Hall–Kier alpha value is -0.380. The summed E-state index contributed by atoms with van der Waals surface area (Å²) >= 11 is 3.56. The largest absolute Gasteiger partial charge is 0.369 e. The van der Waals surface area contributed by atoms with Crippen LogP contribution >= 0.6 is 15.9 Å². The molecule has 0 saturated heterocycles. The third kappa shape index (κ3) is 4.57. The molecule has 20 heavy (non-hydrogen) atoms. The fraction of sp³-hybridized carbons (Fsp3) is 0.647. The van der Waals surface area contributed by atoms with Crippen molar-refractivity contribution in [3.05, 3.63) is 34.3 Å². The monoisotopic (exact) mass is 339 g/mol. The molecule has 2 rings (SSSR count). The first-order valence-electron chi connectivity index (χ1n) is 7.82. The summed E-state index contributed by atoms with van der Waals surface area (Å²) in [5.74, 6) is 0.681. The third-order valence-corrected chi connectivity index (χ3v) is 4.67. The smallest absolute Gasteiger partial charge is 0.0953 e. The zero-order valence-corrected chi connectivity index (χ0v) is 14.2. The van der Waals surface area contributed by atoms with Gasteiger partial charge < -0.3 is 10.1 Å². The highest BCUT2D eigenvalue weighted by Crippen LogP contribution is 2.31. The number of nitrogens with one attached hydrogen (secondary N) is 1. The van der Waals surface area contributed by atoms with Gasteiger partial charge in [-0.3, -0.25) is 0 Å². The molecule has 1 aromatic rings.